The average Bonchev–Trinajstić information content (AvgIpc) is 2.68. The number of likely N-dealkylation sites (N-methyl/N-ethyl adjacent to an activating group) is 1. The van der Waals surface area contributed by atoms with E-state index >= 15 is 0 Å². The van der Waals surface area contributed by atoms with Crippen LogP contribution in [0.25, 0.3) is 0 Å². The number of aryl methyl sites for hydroxylation is 1. The Labute approximate surface area is 177 Å². The molecule has 2 amide bonds. The first-order chi connectivity index (χ1) is 14.3. The van der Waals surface area contributed by atoms with Gasteiger partial charge in [-0.2, -0.15) is 0 Å². The lowest BCUT2D eigenvalue weighted by atomic mass is 10.1. The summed E-state index contributed by atoms with van der Waals surface area (Å²) in [4.78, 5) is 32.5. The lowest BCUT2D eigenvalue weighted by Gasteiger charge is -2.17. The van der Waals surface area contributed by atoms with Gasteiger partial charge in [0.1, 0.15) is 5.82 Å². The van der Waals surface area contributed by atoms with Crippen LogP contribution in [0, 0.1) is 0 Å². The summed E-state index contributed by atoms with van der Waals surface area (Å²) in [7, 11) is 1.73. The molecule has 0 fully saturated rings. The Morgan fingerprint density at radius 2 is 1.93 bits per heavy atom. The molecule has 0 radical (unpaired) electrons. The van der Waals surface area contributed by atoms with Crippen molar-refractivity contribution in [3.63, 3.8) is 0 Å². The third kappa shape index (κ3) is 6.70. The molecule has 9 nitrogen and oxygen atoms in total. The Morgan fingerprint density at radius 3 is 2.57 bits per heavy atom. The highest BCUT2D eigenvalue weighted by Crippen LogP contribution is 2.23. The van der Waals surface area contributed by atoms with Crippen molar-refractivity contribution in [2.24, 2.45) is 5.73 Å². The number of nitrogens with one attached hydrogen (secondary N) is 4. The molecule has 2 aromatic rings. The fourth-order valence-electron chi connectivity index (χ4n) is 2.88. The van der Waals surface area contributed by atoms with Gasteiger partial charge in [-0.1, -0.05) is 19.1 Å². The molecule has 2 rings (SSSR count). The van der Waals surface area contributed by atoms with Crippen LogP contribution >= 0.6 is 0 Å². The summed E-state index contributed by atoms with van der Waals surface area (Å²) in [5.74, 6) is 0.249. The Bertz CT molecular complexity index is 884. The van der Waals surface area contributed by atoms with Crippen molar-refractivity contribution >= 4 is 29.1 Å². The molecule has 30 heavy (non-hydrogen) atoms. The molecule has 0 bridgehead atoms. The predicted molar refractivity (Wildman–Crippen MR) is 119 cm³/mol. The van der Waals surface area contributed by atoms with E-state index in [-0.39, 0.29) is 24.2 Å². The van der Waals surface area contributed by atoms with Gasteiger partial charge in [0.15, 0.2) is 11.5 Å². The number of nitrogens with zero attached hydrogens (tertiary/aromatic N) is 2. The molecule has 1 aromatic heterocycles. The number of nitrogens with two attached hydrogens (primary N) is 1. The van der Waals surface area contributed by atoms with Gasteiger partial charge < -0.3 is 27.0 Å². The molecule has 0 aliphatic heterocycles. The molecule has 0 saturated heterocycles. The van der Waals surface area contributed by atoms with E-state index in [0.29, 0.717) is 36.7 Å². The van der Waals surface area contributed by atoms with E-state index in [1.165, 1.54) is 0 Å². The molecule has 1 heterocycles. The van der Waals surface area contributed by atoms with E-state index in [9.17, 15) is 9.59 Å². The molecule has 0 aliphatic rings. The third-order valence-corrected chi connectivity index (χ3v) is 4.22. The average molecular weight is 414 g/mol. The fraction of sp³-hybridized carbons (Fsp3) is 0.429. The normalized spacial score (nSPS) is 10.7. The van der Waals surface area contributed by atoms with Crippen molar-refractivity contribution < 1.29 is 9.59 Å². The molecular weight excluding hydrogens is 382 g/mol. The molecule has 1 aromatic carbocycles. The lowest BCUT2D eigenvalue weighted by molar-refractivity contribution is -0.120. The Hall–Kier alpha value is -3.20. The van der Waals surface area contributed by atoms with Gasteiger partial charge in [-0.25, -0.2) is 9.97 Å². The number of aromatic nitrogens is 2. The van der Waals surface area contributed by atoms with E-state index in [0.717, 1.165) is 11.3 Å². The van der Waals surface area contributed by atoms with Gasteiger partial charge in [0.05, 0.1) is 12.2 Å². The summed E-state index contributed by atoms with van der Waals surface area (Å²) in [6, 6.07) is 7.86. The van der Waals surface area contributed by atoms with Crippen LogP contribution in [0.15, 0.2) is 24.3 Å². The maximum atomic E-state index is 12.0. The highest BCUT2D eigenvalue weighted by molar-refractivity contribution is 5.96. The first-order valence-electron chi connectivity index (χ1n) is 10.1. The zero-order valence-corrected chi connectivity index (χ0v) is 18.0. The summed E-state index contributed by atoms with van der Waals surface area (Å²) in [5.41, 5.74) is 8.12. The van der Waals surface area contributed by atoms with Crippen molar-refractivity contribution in [3.05, 3.63) is 41.2 Å². The van der Waals surface area contributed by atoms with Crippen molar-refractivity contribution in [1.29, 1.82) is 0 Å². The van der Waals surface area contributed by atoms with E-state index < -0.39 is 5.91 Å². The van der Waals surface area contributed by atoms with E-state index in [4.69, 9.17) is 5.73 Å². The van der Waals surface area contributed by atoms with Crippen LogP contribution in [0.2, 0.25) is 0 Å². The quantitative estimate of drug-likeness (QED) is 0.377. The van der Waals surface area contributed by atoms with Crippen molar-refractivity contribution in [2.75, 3.05) is 30.8 Å². The maximum absolute atomic E-state index is 12.0. The number of carbonyl (C=O) groups excluding carboxylic acids is 2. The van der Waals surface area contributed by atoms with Crippen LogP contribution in [0.4, 0.5) is 17.3 Å². The summed E-state index contributed by atoms with van der Waals surface area (Å²) < 4.78 is 0. The van der Waals surface area contributed by atoms with Crippen LogP contribution in [0.5, 0.6) is 0 Å². The molecule has 0 aliphatic carbocycles. The highest BCUT2D eigenvalue weighted by Gasteiger charge is 2.17. The van der Waals surface area contributed by atoms with Crippen molar-refractivity contribution in [2.45, 2.75) is 39.7 Å². The summed E-state index contributed by atoms with van der Waals surface area (Å²) in [6.07, 6.45) is 1.30. The van der Waals surface area contributed by atoms with Gasteiger partial charge in [-0.3, -0.25) is 9.59 Å². The number of primary amides is 1. The summed E-state index contributed by atoms with van der Waals surface area (Å²) in [5, 5.41) is 12.1. The lowest BCUT2D eigenvalue weighted by Crippen LogP contribution is -2.33. The number of hydrogen-bond donors (Lipinski definition) is 5. The van der Waals surface area contributed by atoms with Crippen LogP contribution < -0.4 is 27.0 Å². The molecule has 9 heteroatoms. The molecular formula is C21H31N7O2. The van der Waals surface area contributed by atoms with E-state index in [1.807, 2.05) is 45.0 Å². The van der Waals surface area contributed by atoms with Crippen LogP contribution in [0.3, 0.4) is 0 Å². The second kappa shape index (κ2) is 11.1. The minimum Gasteiger partial charge on any atom is -0.366 e. The number of amides is 2. The first-order valence-corrected chi connectivity index (χ1v) is 10.1. The maximum Gasteiger partial charge on any atom is 0.271 e. The molecule has 0 atom stereocenters. The first kappa shape index (κ1) is 23.1. The van der Waals surface area contributed by atoms with Gasteiger partial charge in [0.2, 0.25) is 5.91 Å². The number of anilines is 3. The van der Waals surface area contributed by atoms with Crippen LogP contribution in [-0.2, 0) is 17.6 Å². The Kier molecular flexibility index (Phi) is 8.54. The van der Waals surface area contributed by atoms with Gasteiger partial charge in [-0.05, 0) is 51.4 Å². The summed E-state index contributed by atoms with van der Waals surface area (Å²) >= 11 is 0. The Morgan fingerprint density at radius 1 is 1.17 bits per heavy atom. The molecule has 0 spiro atoms. The van der Waals surface area contributed by atoms with Crippen molar-refractivity contribution in [1.82, 2.24) is 20.6 Å². The molecule has 0 unspecified atom stereocenters. The minimum absolute atomic E-state index is 0.0469. The SMILES string of the molecule is CCc1nc(C(N)=O)c(Nc2cccc(CCNC(=O)CNC)c2)nc1NC(C)C. The predicted octanol–water partition coefficient (Wildman–Crippen LogP) is 1.58. The molecule has 162 valence electrons. The highest BCUT2D eigenvalue weighted by atomic mass is 16.2. The Balaban J connectivity index is 2.22. The van der Waals surface area contributed by atoms with E-state index in [2.05, 4.69) is 31.2 Å². The largest absolute Gasteiger partial charge is 0.366 e. The number of rotatable bonds is 11. The second-order valence-corrected chi connectivity index (χ2v) is 7.19. The van der Waals surface area contributed by atoms with Crippen LogP contribution in [-0.4, -0.2) is 48.0 Å². The topological polar surface area (TPSA) is 134 Å². The summed E-state index contributed by atoms with van der Waals surface area (Å²) in [6.45, 7) is 6.79. The van der Waals surface area contributed by atoms with Gasteiger partial charge in [-0.15, -0.1) is 0 Å². The standard InChI is InChI=1S/C21H31N7O2/c1-5-16-20(25-13(2)3)28-21(18(27-16)19(22)30)26-15-8-6-7-14(11-15)9-10-24-17(29)12-23-4/h6-8,11,13,23H,5,9-10,12H2,1-4H3,(H2,22,30)(H,24,29)(H2,25,26,28). The van der Waals surface area contributed by atoms with Gasteiger partial charge in [0.25, 0.3) is 5.91 Å². The monoisotopic (exact) mass is 413 g/mol. The third-order valence-electron chi connectivity index (χ3n) is 4.22. The number of hydrogen-bond acceptors (Lipinski definition) is 7. The fourth-order valence-corrected chi connectivity index (χ4v) is 2.88. The zero-order valence-electron chi connectivity index (χ0n) is 18.0. The van der Waals surface area contributed by atoms with Gasteiger partial charge >= 0.3 is 0 Å². The van der Waals surface area contributed by atoms with Gasteiger partial charge in [0, 0.05) is 18.3 Å². The van der Waals surface area contributed by atoms with Crippen LogP contribution in [0.1, 0.15) is 42.5 Å². The number of benzene rings is 1. The second-order valence-electron chi connectivity index (χ2n) is 7.19. The molecule has 0 saturated carbocycles. The minimum atomic E-state index is -0.640. The zero-order chi connectivity index (χ0) is 22.1. The van der Waals surface area contributed by atoms with Crippen molar-refractivity contribution in [3.8, 4) is 0 Å². The number of carbonyl (C=O) groups is 2. The molecule has 6 N–H and O–H groups in total. The smallest absolute Gasteiger partial charge is 0.271 e. The van der Waals surface area contributed by atoms with E-state index in [1.54, 1.807) is 7.05 Å².